The van der Waals surface area contributed by atoms with Gasteiger partial charge in [0.1, 0.15) is 5.82 Å². The number of carbonyl (C=O) groups is 1. The van der Waals surface area contributed by atoms with Gasteiger partial charge in [-0.2, -0.15) is 26.3 Å². The Labute approximate surface area is 149 Å². The number of benzene rings is 1. The molecule has 1 aliphatic heterocycles. The predicted octanol–water partition coefficient (Wildman–Crippen LogP) is 3.74. The minimum atomic E-state index is -5.08. The molecule has 3 rings (SSSR count). The summed E-state index contributed by atoms with van der Waals surface area (Å²) in [5.74, 6) is -3.01. The van der Waals surface area contributed by atoms with Gasteiger partial charge >= 0.3 is 18.3 Å². The van der Waals surface area contributed by atoms with Crippen LogP contribution in [0, 0.1) is 11.7 Å². The molecule has 0 radical (unpaired) electrons. The number of aliphatic carboxylic acids is 1. The molecule has 4 nitrogen and oxygen atoms in total. The summed E-state index contributed by atoms with van der Waals surface area (Å²) in [4.78, 5) is 8.90. The van der Waals surface area contributed by atoms with Gasteiger partial charge in [0.25, 0.3) is 0 Å². The van der Waals surface area contributed by atoms with Crippen molar-refractivity contribution in [1.29, 1.82) is 0 Å². The minimum absolute atomic E-state index is 0.0134. The molecule has 0 aromatic heterocycles. The third-order valence-electron chi connectivity index (χ3n) is 4.35. The van der Waals surface area contributed by atoms with Gasteiger partial charge in [0.05, 0.1) is 18.3 Å². The lowest BCUT2D eigenvalue weighted by Gasteiger charge is -2.23. The number of hydrogen-bond acceptors (Lipinski definition) is 3. The van der Waals surface area contributed by atoms with Crippen LogP contribution in [0.2, 0.25) is 0 Å². The summed E-state index contributed by atoms with van der Waals surface area (Å²) in [5, 5.41) is 10.4. The van der Waals surface area contributed by atoms with Crippen molar-refractivity contribution in [2.75, 3.05) is 6.54 Å². The first-order chi connectivity index (χ1) is 12.4. The largest absolute Gasteiger partial charge is 0.490 e. The number of rotatable bonds is 3. The van der Waals surface area contributed by atoms with Crippen molar-refractivity contribution in [2.45, 2.75) is 43.9 Å². The van der Waals surface area contributed by atoms with Crippen LogP contribution in [0.4, 0.5) is 30.7 Å². The molecule has 3 atom stereocenters. The van der Waals surface area contributed by atoms with Crippen LogP contribution in [0.25, 0.3) is 0 Å². The average molecular weight is 403 g/mol. The van der Waals surface area contributed by atoms with Crippen LogP contribution >= 0.6 is 0 Å². The number of fused-ring (bicyclic) bond motifs is 2. The Morgan fingerprint density at radius 1 is 1.19 bits per heavy atom. The third kappa shape index (κ3) is 5.80. The molecule has 1 aromatic rings. The van der Waals surface area contributed by atoms with Gasteiger partial charge in [-0.25, -0.2) is 9.18 Å². The molecule has 3 unspecified atom stereocenters. The van der Waals surface area contributed by atoms with Gasteiger partial charge in [0.2, 0.25) is 0 Å². The molecule has 1 aromatic carbocycles. The van der Waals surface area contributed by atoms with Gasteiger partial charge in [0.15, 0.2) is 0 Å². The molecule has 1 aliphatic carbocycles. The normalized spacial score (nSPS) is 24.5. The zero-order valence-corrected chi connectivity index (χ0v) is 13.7. The smallest absolute Gasteiger partial charge is 0.475 e. The van der Waals surface area contributed by atoms with Crippen LogP contribution in [0.1, 0.15) is 24.0 Å². The molecule has 2 N–H and O–H groups in total. The summed E-state index contributed by atoms with van der Waals surface area (Å²) in [5.41, 5.74) is -0.805. The molecule has 11 heteroatoms. The number of nitrogens with one attached hydrogen (secondary N) is 1. The summed E-state index contributed by atoms with van der Waals surface area (Å²) in [6, 6.07) is 2.87. The summed E-state index contributed by atoms with van der Waals surface area (Å²) in [6.45, 7) is 1.01. The summed E-state index contributed by atoms with van der Waals surface area (Å²) in [6.07, 6.45) is -7.55. The highest BCUT2D eigenvalue weighted by molar-refractivity contribution is 5.73. The fourth-order valence-electron chi connectivity index (χ4n) is 3.02. The lowest BCUT2D eigenvalue weighted by Crippen LogP contribution is -2.38. The van der Waals surface area contributed by atoms with Crippen LogP contribution in [0.3, 0.4) is 0 Å². The maximum Gasteiger partial charge on any atom is 0.490 e. The fourth-order valence-corrected chi connectivity index (χ4v) is 3.02. The van der Waals surface area contributed by atoms with Gasteiger partial charge in [-0.1, -0.05) is 6.07 Å². The number of ether oxygens (including phenoxy) is 1. The van der Waals surface area contributed by atoms with Gasteiger partial charge in [-0.3, -0.25) is 0 Å². The van der Waals surface area contributed by atoms with Crippen LogP contribution in [0.5, 0.6) is 0 Å². The lowest BCUT2D eigenvalue weighted by atomic mass is 10.1. The molecule has 0 spiro atoms. The van der Waals surface area contributed by atoms with E-state index >= 15 is 0 Å². The van der Waals surface area contributed by atoms with Gasteiger partial charge in [0, 0.05) is 11.6 Å². The zero-order valence-electron chi connectivity index (χ0n) is 13.7. The molecule has 1 saturated carbocycles. The van der Waals surface area contributed by atoms with E-state index in [1.165, 1.54) is 0 Å². The van der Waals surface area contributed by atoms with E-state index in [1.54, 1.807) is 0 Å². The van der Waals surface area contributed by atoms with Gasteiger partial charge < -0.3 is 15.2 Å². The molecular weight excluding hydrogens is 387 g/mol. The third-order valence-corrected chi connectivity index (χ3v) is 4.35. The maximum absolute atomic E-state index is 13.6. The molecule has 152 valence electrons. The Kier molecular flexibility index (Phi) is 6.35. The monoisotopic (exact) mass is 403 g/mol. The second kappa shape index (κ2) is 8.01. The topological polar surface area (TPSA) is 58.6 Å². The van der Waals surface area contributed by atoms with E-state index in [0.29, 0.717) is 18.0 Å². The van der Waals surface area contributed by atoms with E-state index < -0.39 is 29.7 Å². The number of alkyl halides is 6. The van der Waals surface area contributed by atoms with Crippen LogP contribution in [-0.2, 0) is 22.3 Å². The van der Waals surface area contributed by atoms with E-state index in [4.69, 9.17) is 14.6 Å². The Balaban J connectivity index is 0.000000321. The molecule has 2 bridgehead atoms. The second-order valence-electron chi connectivity index (χ2n) is 6.31. The van der Waals surface area contributed by atoms with Crippen LogP contribution < -0.4 is 5.32 Å². The molecule has 27 heavy (non-hydrogen) atoms. The number of carboxylic acid groups (broad SMARTS) is 1. The van der Waals surface area contributed by atoms with Crippen LogP contribution in [0.15, 0.2) is 18.2 Å². The highest BCUT2D eigenvalue weighted by Crippen LogP contribution is 2.34. The van der Waals surface area contributed by atoms with Crippen molar-refractivity contribution in [3.8, 4) is 0 Å². The van der Waals surface area contributed by atoms with Crippen molar-refractivity contribution in [3.05, 3.63) is 35.1 Å². The Hall–Kier alpha value is -1.88. The Bertz CT molecular complexity index is 675. The Morgan fingerprint density at radius 3 is 2.22 bits per heavy atom. The fraction of sp³-hybridized carbons (Fsp3) is 0.562. The number of halogens is 7. The second-order valence-corrected chi connectivity index (χ2v) is 6.31. The molecule has 2 fully saturated rings. The van der Waals surface area contributed by atoms with E-state index in [2.05, 4.69) is 5.32 Å². The van der Waals surface area contributed by atoms with E-state index in [0.717, 1.165) is 31.5 Å². The summed E-state index contributed by atoms with van der Waals surface area (Å²) < 4.78 is 88.3. The van der Waals surface area contributed by atoms with Crippen molar-refractivity contribution in [1.82, 2.24) is 5.32 Å². The van der Waals surface area contributed by atoms with Crippen molar-refractivity contribution >= 4 is 5.97 Å². The van der Waals surface area contributed by atoms with Gasteiger partial charge in [-0.05, 0) is 37.4 Å². The average Bonchev–Trinajstić information content (AvgIpc) is 3.15. The van der Waals surface area contributed by atoms with Crippen molar-refractivity contribution in [3.63, 3.8) is 0 Å². The van der Waals surface area contributed by atoms with Gasteiger partial charge in [-0.15, -0.1) is 0 Å². The highest BCUT2D eigenvalue weighted by atomic mass is 19.4. The first-order valence-corrected chi connectivity index (χ1v) is 7.88. The SMILES string of the molecule is Fc1cc(C(F)(F)F)ccc1COC1CC2CNC1C2.O=C(O)C(F)(F)F. The van der Waals surface area contributed by atoms with E-state index in [9.17, 15) is 30.7 Å². The maximum atomic E-state index is 13.6. The molecule has 1 heterocycles. The number of carboxylic acids is 1. The number of piperidine rings is 1. The highest BCUT2D eigenvalue weighted by Gasteiger charge is 2.40. The van der Waals surface area contributed by atoms with Crippen LogP contribution in [-0.4, -0.2) is 35.9 Å². The Morgan fingerprint density at radius 2 is 1.81 bits per heavy atom. The van der Waals surface area contributed by atoms with E-state index in [-0.39, 0.29) is 18.3 Å². The summed E-state index contributed by atoms with van der Waals surface area (Å²) in [7, 11) is 0. The number of hydrogen-bond donors (Lipinski definition) is 2. The molecule has 2 aliphatic rings. The quantitative estimate of drug-likeness (QED) is 0.755. The molecule has 0 amide bonds. The van der Waals surface area contributed by atoms with Crippen molar-refractivity contribution < 1.29 is 45.4 Å². The zero-order chi connectivity index (χ0) is 20.4. The summed E-state index contributed by atoms with van der Waals surface area (Å²) >= 11 is 0. The van der Waals surface area contributed by atoms with Crippen molar-refractivity contribution in [2.24, 2.45) is 5.92 Å². The minimum Gasteiger partial charge on any atom is -0.475 e. The first-order valence-electron chi connectivity index (χ1n) is 7.88. The lowest BCUT2D eigenvalue weighted by molar-refractivity contribution is -0.192. The van der Waals surface area contributed by atoms with E-state index in [1.807, 2.05) is 0 Å². The first kappa shape index (κ1) is 21.4. The standard InChI is InChI=1S/C14H15F4NO.C2HF3O2/c15-11-5-10(14(16,17)18)2-1-9(11)7-20-13-4-8-3-12(13)19-6-8;3-2(4,5)1(6)7/h1-2,5,8,12-13,19H,3-4,6-7H2;(H,6,7). The molecular formula is C16H16F7NO3. The molecule has 1 saturated heterocycles. The predicted molar refractivity (Wildman–Crippen MR) is 78.2 cm³/mol.